The number of hydrogen-bond donors (Lipinski definition) is 1. The topological polar surface area (TPSA) is 15.3 Å². The molecule has 2 nitrogen and oxygen atoms in total. The molecule has 8 rings (SSSR count). The molecule has 0 spiro atoms. The second-order valence-electron chi connectivity index (χ2n) is 11.6. The van der Waals surface area contributed by atoms with Gasteiger partial charge in [0, 0.05) is 45.4 Å². The number of nitrogens with one attached hydrogen (secondary N) is 1. The number of allylic oxidation sites excluding steroid dienone is 2. The number of anilines is 3. The van der Waals surface area contributed by atoms with Gasteiger partial charge in [0.25, 0.3) is 0 Å². The lowest BCUT2D eigenvalue weighted by molar-refractivity contribution is 0.918. The van der Waals surface area contributed by atoms with Gasteiger partial charge in [0.2, 0.25) is 0 Å². The van der Waals surface area contributed by atoms with Crippen molar-refractivity contribution in [3.63, 3.8) is 0 Å². The zero-order valence-corrected chi connectivity index (χ0v) is 28.4. The number of nitrogens with zero attached hydrogens (tertiary/aromatic N) is 1. The second kappa shape index (κ2) is 14.6. The fourth-order valence-electron chi connectivity index (χ4n) is 6.41. The summed E-state index contributed by atoms with van der Waals surface area (Å²) in [6, 6.07) is 46.7. The van der Waals surface area contributed by atoms with Gasteiger partial charge in [-0.1, -0.05) is 109 Å². The molecule has 0 amide bonds. The molecule has 0 bridgehead atoms. The third-order valence-corrected chi connectivity index (χ3v) is 10.3. The van der Waals surface area contributed by atoms with Gasteiger partial charge in [0.1, 0.15) is 0 Å². The molecule has 0 aliphatic carbocycles. The average Bonchev–Trinajstić information content (AvgIpc) is 3.41. The lowest BCUT2D eigenvalue weighted by atomic mass is 9.92. The van der Waals surface area contributed by atoms with Crippen LogP contribution in [0.25, 0.3) is 33.0 Å². The fraction of sp³-hybridized carbons (Fsp3) is 0.114. The van der Waals surface area contributed by atoms with Crippen molar-refractivity contribution >= 4 is 44.2 Å². The number of para-hydroxylation sites is 2. The van der Waals surface area contributed by atoms with Crippen LogP contribution in [0.15, 0.2) is 162 Å². The van der Waals surface area contributed by atoms with Crippen molar-refractivity contribution in [2.45, 2.75) is 30.1 Å². The maximum Gasteiger partial charge on any atom is 0.0497 e. The molecular formula is C44H42N2S. The Bertz CT molecular complexity index is 2060. The second-order valence-corrected chi connectivity index (χ2v) is 13.3. The monoisotopic (exact) mass is 630 g/mol. The fourth-order valence-corrected chi connectivity index (χ4v) is 8.03. The van der Waals surface area contributed by atoms with Crippen LogP contribution < -0.4 is 10.2 Å². The zero-order chi connectivity index (χ0) is 32.8. The van der Waals surface area contributed by atoms with E-state index in [1.165, 1.54) is 71.0 Å². The van der Waals surface area contributed by atoms with Crippen molar-refractivity contribution in [3.05, 3.63) is 163 Å². The molecular weight excluding hydrogens is 589 g/mol. The molecule has 6 aromatic rings. The van der Waals surface area contributed by atoms with Crippen LogP contribution in [0.2, 0.25) is 0 Å². The van der Waals surface area contributed by atoms with Crippen molar-refractivity contribution in [2.75, 3.05) is 18.5 Å². The minimum absolute atomic E-state index is 0.132. The van der Waals surface area contributed by atoms with Crippen LogP contribution in [0.4, 0.5) is 17.1 Å². The van der Waals surface area contributed by atoms with E-state index in [1.807, 2.05) is 27.0 Å². The highest BCUT2D eigenvalue weighted by molar-refractivity contribution is 8.14. The van der Waals surface area contributed by atoms with E-state index in [0.29, 0.717) is 0 Å². The Balaban J connectivity index is 0.000000384. The van der Waals surface area contributed by atoms with Gasteiger partial charge in [-0.05, 0) is 102 Å². The lowest BCUT2D eigenvalue weighted by Gasteiger charge is -2.33. The van der Waals surface area contributed by atoms with Crippen molar-refractivity contribution in [2.24, 2.45) is 0 Å². The largest absolute Gasteiger partial charge is 0.316 e. The summed E-state index contributed by atoms with van der Waals surface area (Å²) in [5, 5.41) is 5.48. The van der Waals surface area contributed by atoms with Gasteiger partial charge in [0.15, 0.2) is 0 Å². The minimum atomic E-state index is -0.132. The van der Waals surface area contributed by atoms with Crippen LogP contribution in [-0.4, -0.2) is 19.5 Å². The molecule has 1 unspecified atom stereocenters. The first-order chi connectivity index (χ1) is 23.1. The van der Waals surface area contributed by atoms with Crippen LogP contribution in [0.5, 0.6) is 0 Å². The van der Waals surface area contributed by atoms with E-state index in [4.69, 9.17) is 0 Å². The molecule has 2 aliphatic heterocycles. The van der Waals surface area contributed by atoms with Gasteiger partial charge in [-0.3, -0.25) is 0 Å². The van der Waals surface area contributed by atoms with Gasteiger partial charge in [0.05, 0.1) is 0 Å². The summed E-state index contributed by atoms with van der Waals surface area (Å²) in [4.78, 5) is 5.11. The van der Waals surface area contributed by atoms with E-state index in [2.05, 4.69) is 156 Å². The Hall–Kier alpha value is -4.96. The number of benzene rings is 6. The quantitative estimate of drug-likeness (QED) is 0.154. The van der Waals surface area contributed by atoms with E-state index in [-0.39, 0.29) is 10.5 Å². The Labute approximate surface area is 282 Å². The number of rotatable bonds is 4. The van der Waals surface area contributed by atoms with Crippen LogP contribution in [0.3, 0.4) is 0 Å². The molecule has 0 aromatic heterocycles. The summed E-state index contributed by atoms with van der Waals surface area (Å²) in [5.74, 6) is 4.51. The van der Waals surface area contributed by atoms with Gasteiger partial charge in [-0.2, -0.15) is 0 Å². The van der Waals surface area contributed by atoms with E-state index in [9.17, 15) is 0 Å². The molecule has 3 heteroatoms. The highest BCUT2D eigenvalue weighted by Gasteiger charge is 2.25. The summed E-state index contributed by atoms with van der Waals surface area (Å²) in [7, 11) is 1.80. The SMILES string of the molecule is C/C=C\CNC.C=CC.C=S1c2ccccc2-c2c(-c3ccc4cc(N5c6ccccc6Cc6ccccc65)ccc4c3)cccc21. The highest BCUT2D eigenvalue weighted by Crippen LogP contribution is 2.54. The predicted octanol–water partition coefficient (Wildman–Crippen LogP) is 12.0. The maximum atomic E-state index is 4.51. The van der Waals surface area contributed by atoms with E-state index >= 15 is 0 Å². The van der Waals surface area contributed by atoms with Crippen LogP contribution in [0.1, 0.15) is 25.0 Å². The van der Waals surface area contributed by atoms with Crippen molar-refractivity contribution in [1.29, 1.82) is 0 Å². The lowest BCUT2D eigenvalue weighted by Crippen LogP contribution is -2.18. The van der Waals surface area contributed by atoms with E-state index in [1.54, 1.807) is 6.08 Å². The normalized spacial score (nSPS) is 13.8. The third kappa shape index (κ3) is 6.38. The van der Waals surface area contributed by atoms with Crippen molar-refractivity contribution in [1.82, 2.24) is 5.32 Å². The van der Waals surface area contributed by atoms with Crippen molar-refractivity contribution < 1.29 is 0 Å². The molecule has 1 N–H and O–H groups in total. The Morgan fingerprint density at radius 3 is 1.98 bits per heavy atom. The molecule has 47 heavy (non-hydrogen) atoms. The molecule has 0 fully saturated rings. The van der Waals surface area contributed by atoms with Gasteiger partial charge < -0.3 is 10.2 Å². The number of hydrogen-bond acceptors (Lipinski definition) is 2. The molecule has 2 heterocycles. The van der Waals surface area contributed by atoms with Crippen LogP contribution in [-0.2, 0) is 6.42 Å². The zero-order valence-electron chi connectivity index (χ0n) is 27.5. The van der Waals surface area contributed by atoms with E-state index in [0.717, 1.165) is 13.0 Å². The Morgan fingerprint density at radius 1 is 0.702 bits per heavy atom. The smallest absolute Gasteiger partial charge is 0.0497 e. The first kappa shape index (κ1) is 32.0. The highest BCUT2D eigenvalue weighted by atomic mass is 32.2. The Kier molecular flexibility index (Phi) is 9.97. The van der Waals surface area contributed by atoms with Gasteiger partial charge in [-0.15, -0.1) is 17.1 Å². The summed E-state index contributed by atoms with van der Waals surface area (Å²) < 4.78 is 0. The molecule has 6 aromatic carbocycles. The van der Waals surface area contributed by atoms with Gasteiger partial charge >= 0.3 is 0 Å². The molecule has 0 saturated heterocycles. The molecule has 2 aliphatic rings. The standard InChI is InChI=1S/C36H25NS.C5H11N.C3H6/c1-38-34-15-7-4-11-31(34)36-30(12-8-16-35(36)38)26-18-17-25-23-29(20-19-24(25)21-26)37-32-13-5-2-9-27(32)22-28-10-3-6-14-33(28)37;1-3-4-5-6-2;1-3-2/h2-21,23H,1,22H2;3-4,6H,5H2,1-2H3;3H,1H2,2H3/b;4-3-;. The summed E-state index contributed by atoms with van der Waals surface area (Å²) in [6.45, 7) is 8.24. The minimum Gasteiger partial charge on any atom is -0.316 e. The summed E-state index contributed by atoms with van der Waals surface area (Å²) >= 11 is 0. The third-order valence-electron chi connectivity index (χ3n) is 8.51. The molecule has 0 radical (unpaired) electrons. The first-order valence-corrected chi connectivity index (χ1v) is 17.6. The van der Waals surface area contributed by atoms with Crippen LogP contribution in [0, 0.1) is 0 Å². The summed E-state index contributed by atoms with van der Waals surface area (Å²) in [6.07, 6.45) is 6.82. The maximum absolute atomic E-state index is 4.51. The molecule has 234 valence electrons. The van der Waals surface area contributed by atoms with E-state index < -0.39 is 0 Å². The number of fused-ring (bicyclic) bond motifs is 6. The molecule has 0 saturated carbocycles. The molecule has 1 atom stereocenters. The summed E-state index contributed by atoms with van der Waals surface area (Å²) in [5.41, 5.74) is 11.7. The van der Waals surface area contributed by atoms with Gasteiger partial charge in [-0.25, -0.2) is 0 Å². The van der Waals surface area contributed by atoms with Crippen LogP contribution >= 0.6 is 10.5 Å². The Morgan fingerprint density at radius 2 is 1.30 bits per heavy atom. The predicted molar refractivity (Wildman–Crippen MR) is 208 cm³/mol. The average molecular weight is 631 g/mol. The van der Waals surface area contributed by atoms with Crippen molar-refractivity contribution in [3.8, 4) is 22.3 Å². The first-order valence-electron chi connectivity index (χ1n) is 16.2. The number of likely N-dealkylation sites (N-methyl/N-ethyl adjacent to an activating group) is 1.